The fourth-order valence-corrected chi connectivity index (χ4v) is 1.12. The van der Waals surface area contributed by atoms with Gasteiger partial charge in [-0.3, -0.25) is 9.97 Å². The molecule has 0 aliphatic rings. The van der Waals surface area contributed by atoms with Gasteiger partial charge in [0, 0.05) is 25.1 Å². The van der Waals surface area contributed by atoms with Crippen LogP contribution < -0.4 is 5.32 Å². The van der Waals surface area contributed by atoms with Crippen molar-refractivity contribution < 1.29 is 0 Å². The molecule has 2 rings (SSSR count). The third-order valence-corrected chi connectivity index (χ3v) is 1.96. The van der Waals surface area contributed by atoms with Gasteiger partial charge in [-0.2, -0.15) is 5.21 Å². The van der Waals surface area contributed by atoms with E-state index in [0.717, 1.165) is 5.69 Å². The molecule has 0 saturated heterocycles. The first-order chi connectivity index (χ1) is 7.36. The highest BCUT2D eigenvalue weighted by Gasteiger charge is 2.09. The molecule has 7 heteroatoms. The number of hydrogen-bond donors (Lipinski definition) is 2. The van der Waals surface area contributed by atoms with Crippen LogP contribution in [0.2, 0.25) is 0 Å². The minimum Gasteiger partial charge on any atom is -0.302 e. The molecule has 0 aromatic carbocycles. The molecule has 2 aromatic heterocycles. The maximum Gasteiger partial charge on any atom is 0.191 e. The molecule has 7 nitrogen and oxygen atoms in total. The average Bonchev–Trinajstić information content (AvgIpc) is 2.81. The number of tetrazole rings is 1. The Labute approximate surface area is 86.3 Å². The number of nitrogens with one attached hydrogen (secondary N) is 2. The van der Waals surface area contributed by atoms with Crippen LogP contribution in [0.15, 0.2) is 18.6 Å². The minimum absolute atomic E-state index is 0.0331. The number of aromatic amines is 1. The molecule has 1 atom stereocenters. The first-order valence-electron chi connectivity index (χ1n) is 4.58. The maximum absolute atomic E-state index is 4.14. The van der Waals surface area contributed by atoms with Crippen molar-refractivity contribution in [1.82, 2.24) is 35.9 Å². The number of hydrogen-bond acceptors (Lipinski definition) is 6. The summed E-state index contributed by atoms with van der Waals surface area (Å²) >= 11 is 0. The molecular formula is C8H11N7. The molecule has 2 N–H and O–H groups in total. The van der Waals surface area contributed by atoms with Crippen LogP contribution in [0, 0.1) is 0 Å². The zero-order chi connectivity index (χ0) is 10.5. The van der Waals surface area contributed by atoms with Crippen LogP contribution in [-0.2, 0) is 6.54 Å². The number of rotatable bonds is 4. The minimum atomic E-state index is 0.0331. The Hall–Kier alpha value is -1.89. The Kier molecular flexibility index (Phi) is 2.93. The van der Waals surface area contributed by atoms with Gasteiger partial charge in [-0.1, -0.05) is 5.21 Å². The van der Waals surface area contributed by atoms with Gasteiger partial charge in [0.05, 0.1) is 11.7 Å². The fourth-order valence-electron chi connectivity index (χ4n) is 1.12. The predicted octanol–water partition coefficient (Wildman–Crippen LogP) is -0.160. The second-order valence-electron chi connectivity index (χ2n) is 3.07. The molecule has 1 unspecified atom stereocenters. The topological polar surface area (TPSA) is 92.3 Å². The van der Waals surface area contributed by atoms with Gasteiger partial charge >= 0.3 is 0 Å². The van der Waals surface area contributed by atoms with Gasteiger partial charge in [-0.15, -0.1) is 10.2 Å². The van der Waals surface area contributed by atoms with Gasteiger partial charge in [-0.05, 0) is 6.92 Å². The van der Waals surface area contributed by atoms with E-state index < -0.39 is 0 Å². The molecule has 0 bridgehead atoms. The lowest BCUT2D eigenvalue weighted by Crippen LogP contribution is -2.20. The standard InChI is InChI=1S/C8H11N7/c1-6(8-12-14-15-13-8)11-5-7-4-9-2-3-10-7/h2-4,6,11H,5H2,1H3,(H,12,13,14,15). The normalized spacial score (nSPS) is 12.6. The van der Waals surface area contributed by atoms with E-state index >= 15 is 0 Å². The average molecular weight is 205 g/mol. The highest BCUT2D eigenvalue weighted by molar-refractivity contribution is 4.95. The van der Waals surface area contributed by atoms with E-state index in [-0.39, 0.29) is 6.04 Å². The van der Waals surface area contributed by atoms with Crippen LogP contribution >= 0.6 is 0 Å². The molecule has 78 valence electrons. The van der Waals surface area contributed by atoms with Crippen molar-refractivity contribution >= 4 is 0 Å². The van der Waals surface area contributed by atoms with Gasteiger partial charge in [0.25, 0.3) is 0 Å². The van der Waals surface area contributed by atoms with Crippen molar-refractivity contribution in [3.8, 4) is 0 Å². The summed E-state index contributed by atoms with van der Waals surface area (Å²) in [5, 5.41) is 16.9. The Morgan fingerprint density at radius 3 is 3.07 bits per heavy atom. The van der Waals surface area contributed by atoms with Crippen LogP contribution in [0.25, 0.3) is 0 Å². The second kappa shape index (κ2) is 4.56. The highest BCUT2D eigenvalue weighted by atomic mass is 15.5. The van der Waals surface area contributed by atoms with E-state index in [0.29, 0.717) is 12.4 Å². The molecule has 15 heavy (non-hydrogen) atoms. The number of nitrogens with zero attached hydrogens (tertiary/aromatic N) is 5. The van der Waals surface area contributed by atoms with E-state index in [1.165, 1.54) is 0 Å². The van der Waals surface area contributed by atoms with Crippen molar-refractivity contribution in [2.75, 3.05) is 0 Å². The lowest BCUT2D eigenvalue weighted by molar-refractivity contribution is 0.540. The third-order valence-electron chi connectivity index (χ3n) is 1.96. The summed E-state index contributed by atoms with van der Waals surface area (Å²) in [6, 6.07) is 0.0331. The van der Waals surface area contributed by atoms with Crippen molar-refractivity contribution in [3.63, 3.8) is 0 Å². The largest absolute Gasteiger partial charge is 0.302 e. The third kappa shape index (κ3) is 2.53. The molecule has 0 fully saturated rings. The summed E-state index contributed by atoms with van der Waals surface area (Å²) in [4.78, 5) is 8.12. The van der Waals surface area contributed by atoms with E-state index in [1.54, 1.807) is 18.6 Å². The van der Waals surface area contributed by atoms with Crippen LogP contribution in [-0.4, -0.2) is 30.6 Å². The Morgan fingerprint density at radius 1 is 1.47 bits per heavy atom. The number of H-pyrrole nitrogens is 1. The molecule has 0 aliphatic carbocycles. The SMILES string of the molecule is CC(NCc1cnccn1)c1nn[nH]n1. The first-order valence-corrected chi connectivity index (χ1v) is 4.58. The van der Waals surface area contributed by atoms with Crippen LogP contribution in [0.4, 0.5) is 0 Å². The second-order valence-corrected chi connectivity index (χ2v) is 3.07. The summed E-state index contributed by atoms with van der Waals surface area (Å²) in [7, 11) is 0. The smallest absolute Gasteiger partial charge is 0.191 e. The monoisotopic (exact) mass is 205 g/mol. The highest BCUT2D eigenvalue weighted by Crippen LogP contribution is 2.03. The van der Waals surface area contributed by atoms with Crippen LogP contribution in [0.5, 0.6) is 0 Å². The molecule has 0 amide bonds. The van der Waals surface area contributed by atoms with Crippen molar-refractivity contribution in [1.29, 1.82) is 0 Å². The molecule has 2 heterocycles. The zero-order valence-corrected chi connectivity index (χ0v) is 8.25. The molecule has 0 radical (unpaired) electrons. The van der Waals surface area contributed by atoms with Crippen LogP contribution in [0.1, 0.15) is 24.5 Å². The van der Waals surface area contributed by atoms with Crippen molar-refractivity contribution in [2.24, 2.45) is 0 Å². The van der Waals surface area contributed by atoms with Gasteiger partial charge in [-0.25, -0.2) is 0 Å². The Balaban J connectivity index is 1.89. The molecule has 0 aliphatic heterocycles. The van der Waals surface area contributed by atoms with E-state index in [9.17, 15) is 0 Å². The van der Waals surface area contributed by atoms with E-state index in [4.69, 9.17) is 0 Å². The fraction of sp³-hybridized carbons (Fsp3) is 0.375. The quantitative estimate of drug-likeness (QED) is 0.720. The molecule has 0 saturated carbocycles. The van der Waals surface area contributed by atoms with Crippen molar-refractivity contribution in [3.05, 3.63) is 30.1 Å². The van der Waals surface area contributed by atoms with Gasteiger partial charge in [0.2, 0.25) is 0 Å². The summed E-state index contributed by atoms with van der Waals surface area (Å²) in [6.45, 7) is 2.59. The lowest BCUT2D eigenvalue weighted by atomic mass is 10.3. The Morgan fingerprint density at radius 2 is 2.40 bits per heavy atom. The maximum atomic E-state index is 4.14. The van der Waals surface area contributed by atoms with Crippen LogP contribution in [0.3, 0.4) is 0 Å². The molecule has 0 spiro atoms. The Bertz CT molecular complexity index is 385. The van der Waals surface area contributed by atoms with Gasteiger partial charge in [0.15, 0.2) is 5.82 Å². The lowest BCUT2D eigenvalue weighted by Gasteiger charge is -2.08. The summed E-state index contributed by atoms with van der Waals surface area (Å²) in [6.07, 6.45) is 5.03. The van der Waals surface area contributed by atoms with E-state index in [2.05, 4.69) is 35.9 Å². The zero-order valence-electron chi connectivity index (χ0n) is 8.25. The summed E-state index contributed by atoms with van der Waals surface area (Å²) < 4.78 is 0. The summed E-state index contributed by atoms with van der Waals surface area (Å²) in [5.74, 6) is 0.638. The van der Waals surface area contributed by atoms with Crippen molar-refractivity contribution in [2.45, 2.75) is 19.5 Å². The summed E-state index contributed by atoms with van der Waals surface area (Å²) in [5.41, 5.74) is 0.882. The van der Waals surface area contributed by atoms with Gasteiger partial charge in [0.1, 0.15) is 0 Å². The number of aromatic nitrogens is 6. The molecule has 2 aromatic rings. The predicted molar refractivity (Wildman–Crippen MR) is 51.5 cm³/mol. The molecular weight excluding hydrogens is 194 g/mol. The first kappa shape index (κ1) is 9.66. The van der Waals surface area contributed by atoms with E-state index in [1.807, 2.05) is 6.92 Å². The van der Waals surface area contributed by atoms with Gasteiger partial charge < -0.3 is 5.32 Å².